The molecule has 1 N–H and O–H groups in total. The van der Waals surface area contributed by atoms with Crippen molar-refractivity contribution in [1.29, 1.82) is 0 Å². The predicted molar refractivity (Wildman–Crippen MR) is 78.7 cm³/mol. The number of hydrogen-bond donors (Lipinski definition) is 1. The van der Waals surface area contributed by atoms with Crippen molar-refractivity contribution in [3.05, 3.63) is 54.4 Å². The lowest BCUT2D eigenvalue weighted by Crippen LogP contribution is -2.09. The van der Waals surface area contributed by atoms with Crippen LogP contribution in [-0.4, -0.2) is 19.7 Å². The molecule has 1 aromatic carbocycles. The minimum atomic E-state index is -3.21. The highest BCUT2D eigenvalue weighted by Crippen LogP contribution is 2.24. The highest BCUT2D eigenvalue weighted by molar-refractivity contribution is 7.98. The Balaban J connectivity index is 1.96. The van der Waals surface area contributed by atoms with Crippen LogP contribution in [0.15, 0.2) is 53.7 Å². The summed E-state index contributed by atoms with van der Waals surface area (Å²) < 4.78 is 24.6. The van der Waals surface area contributed by atoms with Crippen molar-refractivity contribution in [2.75, 3.05) is 11.0 Å². The first kappa shape index (κ1) is 13.9. The van der Waals surface area contributed by atoms with Crippen LogP contribution in [0, 0.1) is 0 Å². The third-order valence-corrected chi connectivity index (χ3v) is 3.98. The van der Waals surface area contributed by atoms with Gasteiger partial charge in [-0.2, -0.15) is 0 Å². The van der Waals surface area contributed by atoms with Crippen molar-refractivity contribution in [3.8, 4) is 0 Å². The van der Waals surface area contributed by atoms with Gasteiger partial charge in [0.05, 0.1) is 6.26 Å². The molecule has 19 heavy (non-hydrogen) atoms. The Morgan fingerprint density at radius 2 is 1.95 bits per heavy atom. The molecule has 0 aliphatic heterocycles. The van der Waals surface area contributed by atoms with Gasteiger partial charge in [0.1, 0.15) is 0 Å². The molecule has 100 valence electrons. The van der Waals surface area contributed by atoms with E-state index in [4.69, 9.17) is 0 Å². The molecule has 0 unspecified atom stereocenters. The van der Waals surface area contributed by atoms with Crippen LogP contribution in [0.4, 0.5) is 5.69 Å². The van der Waals surface area contributed by atoms with Gasteiger partial charge < -0.3 is 0 Å². The molecular weight excluding hydrogens is 280 g/mol. The molecule has 0 spiro atoms. The summed E-state index contributed by atoms with van der Waals surface area (Å²) in [5.41, 5.74) is 1.74. The second kappa shape index (κ2) is 6.08. The monoisotopic (exact) mass is 294 g/mol. The lowest BCUT2D eigenvalue weighted by molar-refractivity contribution is 0.607. The van der Waals surface area contributed by atoms with E-state index < -0.39 is 10.0 Å². The van der Waals surface area contributed by atoms with Crippen LogP contribution in [0.2, 0.25) is 0 Å². The third kappa shape index (κ3) is 4.92. The van der Waals surface area contributed by atoms with Crippen molar-refractivity contribution < 1.29 is 8.42 Å². The van der Waals surface area contributed by atoms with E-state index in [1.807, 2.05) is 30.5 Å². The van der Waals surface area contributed by atoms with Crippen LogP contribution >= 0.6 is 11.8 Å². The molecule has 1 heterocycles. The third-order valence-electron chi connectivity index (χ3n) is 2.29. The first-order valence-corrected chi connectivity index (χ1v) is 8.50. The second-order valence-electron chi connectivity index (χ2n) is 4.05. The van der Waals surface area contributed by atoms with E-state index in [9.17, 15) is 8.42 Å². The van der Waals surface area contributed by atoms with Gasteiger partial charge in [0.15, 0.2) is 0 Å². The zero-order valence-electron chi connectivity index (χ0n) is 10.4. The van der Waals surface area contributed by atoms with Gasteiger partial charge in [-0.15, -0.1) is 11.8 Å². The van der Waals surface area contributed by atoms with Gasteiger partial charge in [0.25, 0.3) is 0 Å². The highest BCUT2D eigenvalue weighted by atomic mass is 32.2. The Bertz CT molecular complexity index is 625. The fourth-order valence-electron chi connectivity index (χ4n) is 1.48. The van der Waals surface area contributed by atoms with Gasteiger partial charge in [-0.3, -0.25) is 9.71 Å². The van der Waals surface area contributed by atoms with Crippen LogP contribution in [0.3, 0.4) is 0 Å². The maximum absolute atomic E-state index is 11.1. The Kier molecular flexibility index (Phi) is 4.44. The molecule has 0 saturated carbocycles. The Morgan fingerprint density at radius 1 is 1.21 bits per heavy atom. The fraction of sp³-hybridized carbons (Fsp3) is 0.154. The topological polar surface area (TPSA) is 59.1 Å². The highest BCUT2D eigenvalue weighted by Gasteiger charge is 2.02. The first-order chi connectivity index (χ1) is 9.03. The van der Waals surface area contributed by atoms with E-state index >= 15 is 0 Å². The van der Waals surface area contributed by atoms with E-state index in [0.717, 1.165) is 22.5 Å². The molecule has 0 aliphatic rings. The maximum Gasteiger partial charge on any atom is 0.229 e. The average Bonchev–Trinajstić information content (AvgIpc) is 2.37. The van der Waals surface area contributed by atoms with Crippen molar-refractivity contribution in [3.63, 3.8) is 0 Å². The van der Waals surface area contributed by atoms with E-state index in [-0.39, 0.29) is 0 Å². The van der Waals surface area contributed by atoms with E-state index in [0.29, 0.717) is 5.69 Å². The molecule has 2 aromatic rings. The van der Waals surface area contributed by atoms with Crippen molar-refractivity contribution in [1.82, 2.24) is 4.98 Å². The summed E-state index contributed by atoms with van der Waals surface area (Å²) in [5.74, 6) is 0.840. The number of rotatable bonds is 5. The number of nitrogens with zero attached hydrogens (tertiary/aromatic N) is 1. The lowest BCUT2D eigenvalue weighted by atomic mass is 10.3. The molecule has 6 heteroatoms. The van der Waals surface area contributed by atoms with Crippen LogP contribution in [0.1, 0.15) is 5.56 Å². The number of hydrogen-bond acceptors (Lipinski definition) is 4. The second-order valence-corrected chi connectivity index (χ2v) is 6.85. The van der Waals surface area contributed by atoms with Crippen LogP contribution in [-0.2, 0) is 15.8 Å². The standard InChI is InChI=1S/C13H14N2O2S2/c1-19(16,17)15-12-4-6-13(7-5-12)18-10-11-3-2-8-14-9-11/h2-9,15H,10H2,1H3. The number of aromatic nitrogens is 1. The average molecular weight is 294 g/mol. The Hall–Kier alpha value is -1.53. The smallest absolute Gasteiger partial charge is 0.229 e. The largest absolute Gasteiger partial charge is 0.284 e. The van der Waals surface area contributed by atoms with Crippen LogP contribution in [0.5, 0.6) is 0 Å². The predicted octanol–water partition coefficient (Wildman–Crippen LogP) is 2.75. The summed E-state index contributed by atoms with van der Waals surface area (Å²) in [6.07, 6.45) is 4.73. The molecule has 1 aromatic heterocycles. The molecular formula is C13H14N2O2S2. The minimum Gasteiger partial charge on any atom is -0.284 e. The molecule has 0 aliphatic carbocycles. The van der Waals surface area contributed by atoms with Gasteiger partial charge in [0, 0.05) is 28.7 Å². The zero-order valence-corrected chi connectivity index (χ0v) is 12.0. The number of nitrogens with one attached hydrogen (secondary N) is 1. The molecule has 0 atom stereocenters. The van der Waals surface area contributed by atoms with Crippen molar-refractivity contribution >= 4 is 27.5 Å². The molecule has 4 nitrogen and oxygen atoms in total. The SMILES string of the molecule is CS(=O)(=O)Nc1ccc(SCc2cccnc2)cc1. The molecule has 0 saturated heterocycles. The molecule has 0 amide bonds. The molecule has 0 bridgehead atoms. The van der Waals surface area contributed by atoms with E-state index in [2.05, 4.69) is 9.71 Å². The number of benzene rings is 1. The maximum atomic E-state index is 11.1. The summed E-state index contributed by atoms with van der Waals surface area (Å²) in [5, 5.41) is 0. The normalized spacial score (nSPS) is 11.2. The first-order valence-electron chi connectivity index (χ1n) is 5.62. The Labute approximate surface area is 117 Å². The fourth-order valence-corrected chi connectivity index (χ4v) is 2.88. The minimum absolute atomic E-state index is 0.577. The van der Waals surface area contributed by atoms with E-state index in [1.54, 1.807) is 30.1 Å². The number of pyridine rings is 1. The van der Waals surface area contributed by atoms with Crippen molar-refractivity contribution in [2.45, 2.75) is 10.6 Å². The van der Waals surface area contributed by atoms with Gasteiger partial charge in [-0.1, -0.05) is 6.07 Å². The van der Waals surface area contributed by atoms with Crippen LogP contribution in [0.25, 0.3) is 0 Å². The summed E-state index contributed by atoms with van der Waals surface area (Å²) in [4.78, 5) is 5.15. The zero-order chi connectivity index (χ0) is 13.7. The van der Waals surface area contributed by atoms with Gasteiger partial charge in [0.2, 0.25) is 10.0 Å². The summed E-state index contributed by atoms with van der Waals surface area (Å²) >= 11 is 1.68. The Morgan fingerprint density at radius 3 is 2.53 bits per heavy atom. The lowest BCUT2D eigenvalue weighted by Gasteiger charge is -2.05. The molecule has 0 fully saturated rings. The summed E-state index contributed by atoms with van der Waals surface area (Å²) in [7, 11) is -3.21. The van der Waals surface area contributed by atoms with Crippen LogP contribution < -0.4 is 4.72 Å². The number of thioether (sulfide) groups is 1. The van der Waals surface area contributed by atoms with Gasteiger partial charge >= 0.3 is 0 Å². The number of sulfonamides is 1. The van der Waals surface area contributed by atoms with Crippen molar-refractivity contribution in [2.24, 2.45) is 0 Å². The number of anilines is 1. The molecule has 2 rings (SSSR count). The van der Waals surface area contributed by atoms with Gasteiger partial charge in [-0.25, -0.2) is 8.42 Å². The summed E-state index contributed by atoms with van der Waals surface area (Å²) in [6.45, 7) is 0. The van der Waals surface area contributed by atoms with E-state index in [1.165, 1.54) is 0 Å². The van der Waals surface area contributed by atoms with Gasteiger partial charge in [-0.05, 0) is 35.9 Å². The quantitative estimate of drug-likeness (QED) is 0.861. The molecule has 0 radical (unpaired) electrons. The summed E-state index contributed by atoms with van der Waals surface area (Å²) in [6, 6.07) is 11.2.